The normalized spacial score (nSPS) is 15.0. The third-order valence-electron chi connectivity index (χ3n) is 2.99. The Morgan fingerprint density at radius 1 is 1.26 bits per heavy atom. The fourth-order valence-corrected chi connectivity index (χ4v) is 3.11. The molecule has 0 saturated carbocycles. The van der Waals surface area contributed by atoms with Crippen LogP contribution in [0.1, 0.15) is 25.1 Å². The molecule has 0 aromatic carbocycles. The van der Waals surface area contributed by atoms with Crippen LogP contribution in [0.4, 0.5) is 5.95 Å². The molecule has 3 heterocycles. The lowest BCUT2D eigenvalue weighted by atomic mass is 10.2. The highest BCUT2D eigenvalue weighted by Gasteiger charge is 2.17. The molecule has 0 bridgehead atoms. The number of halogens is 1. The molecular weight excluding hydrogens is 284 g/mol. The van der Waals surface area contributed by atoms with Gasteiger partial charge >= 0.3 is 0 Å². The van der Waals surface area contributed by atoms with Gasteiger partial charge in [-0.25, -0.2) is 9.97 Å². The highest BCUT2D eigenvalue weighted by molar-refractivity contribution is 7.99. The number of nitrogens with two attached hydrogens (primary N) is 1. The van der Waals surface area contributed by atoms with E-state index in [0.29, 0.717) is 10.0 Å². The largest absolute Gasteiger partial charge is 0.368 e. The SMILES string of the molecule is Nc1ncc(Cl)c(Sc2nnc3n2CCCCC3)n1. The van der Waals surface area contributed by atoms with E-state index in [0.717, 1.165) is 30.4 Å². The topological polar surface area (TPSA) is 82.5 Å². The molecule has 0 saturated heterocycles. The Balaban J connectivity index is 1.91. The summed E-state index contributed by atoms with van der Waals surface area (Å²) in [7, 11) is 0. The summed E-state index contributed by atoms with van der Waals surface area (Å²) in [5.41, 5.74) is 5.58. The minimum atomic E-state index is 0.211. The van der Waals surface area contributed by atoms with Gasteiger partial charge in [0.1, 0.15) is 10.9 Å². The van der Waals surface area contributed by atoms with E-state index in [9.17, 15) is 0 Å². The van der Waals surface area contributed by atoms with Gasteiger partial charge in [0.25, 0.3) is 0 Å². The number of anilines is 1. The Hall–Kier alpha value is -1.34. The average molecular weight is 297 g/mol. The summed E-state index contributed by atoms with van der Waals surface area (Å²) >= 11 is 7.45. The van der Waals surface area contributed by atoms with Crippen molar-refractivity contribution < 1.29 is 0 Å². The van der Waals surface area contributed by atoms with Crippen LogP contribution in [-0.2, 0) is 13.0 Å². The van der Waals surface area contributed by atoms with E-state index < -0.39 is 0 Å². The Kier molecular flexibility index (Phi) is 3.56. The molecule has 2 aromatic heterocycles. The van der Waals surface area contributed by atoms with E-state index in [1.807, 2.05) is 0 Å². The monoisotopic (exact) mass is 296 g/mol. The van der Waals surface area contributed by atoms with E-state index >= 15 is 0 Å². The lowest BCUT2D eigenvalue weighted by Gasteiger charge is -2.06. The molecule has 1 aliphatic heterocycles. The number of fused-ring (bicyclic) bond motifs is 1. The van der Waals surface area contributed by atoms with Gasteiger partial charge < -0.3 is 10.3 Å². The highest BCUT2D eigenvalue weighted by Crippen LogP contribution is 2.31. The van der Waals surface area contributed by atoms with Crippen LogP contribution in [-0.4, -0.2) is 24.7 Å². The van der Waals surface area contributed by atoms with Gasteiger partial charge in [-0.2, -0.15) is 0 Å². The summed E-state index contributed by atoms with van der Waals surface area (Å²) in [6.07, 6.45) is 6.04. The fraction of sp³-hybridized carbons (Fsp3) is 0.455. The fourth-order valence-electron chi connectivity index (χ4n) is 2.06. The van der Waals surface area contributed by atoms with Crippen molar-refractivity contribution in [1.82, 2.24) is 24.7 Å². The summed E-state index contributed by atoms with van der Waals surface area (Å²) in [6, 6.07) is 0. The maximum atomic E-state index is 6.07. The van der Waals surface area contributed by atoms with Gasteiger partial charge in [0.2, 0.25) is 5.95 Å². The van der Waals surface area contributed by atoms with Gasteiger partial charge in [0.15, 0.2) is 5.16 Å². The molecule has 2 aromatic rings. The molecule has 0 unspecified atom stereocenters. The highest BCUT2D eigenvalue weighted by atomic mass is 35.5. The molecule has 3 rings (SSSR count). The number of rotatable bonds is 2. The molecule has 0 fully saturated rings. The number of hydrogen-bond donors (Lipinski definition) is 1. The summed E-state index contributed by atoms with van der Waals surface area (Å²) in [5, 5.41) is 10.4. The molecular formula is C11H13ClN6S. The van der Waals surface area contributed by atoms with Crippen molar-refractivity contribution in [1.29, 1.82) is 0 Å². The Morgan fingerprint density at radius 2 is 2.16 bits per heavy atom. The second-order valence-electron chi connectivity index (χ2n) is 4.34. The number of aryl methyl sites for hydroxylation is 1. The van der Waals surface area contributed by atoms with Crippen LogP contribution >= 0.6 is 23.4 Å². The number of hydrogen-bond acceptors (Lipinski definition) is 6. The van der Waals surface area contributed by atoms with E-state index in [-0.39, 0.29) is 5.95 Å². The van der Waals surface area contributed by atoms with Crippen LogP contribution in [0, 0.1) is 0 Å². The van der Waals surface area contributed by atoms with Crippen molar-refractivity contribution in [3.63, 3.8) is 0 Å². The van der Waals surface area contributed by atoms with Gasteiger partial charge in [-0.15, -0.1) is 10.2 Å². The average Bonchev–Trinajstić information content (AvgIpc) is 2.62. The summed E-state index contributed by atoms with van der Waals surface area (Å²) in [6.45, 7) is 0.947. The molecule has 2 N–H and O–H groups in total. The van der Waals surface area contributed by atoms with Crippen molar-refractivity contribution in [2.75, 3.05) is 5.73 Å². The van der Waals surface area contributed by atoms with E-state index in [2.05, 4.69) is 24.7 Å². The second kappa shape index (κ2) is 5.34. The van der Waals surface area contributed by atoms with E-state index in [1.165, 1.54) is 30.8 Å². The lowest BCUT2D eigenvalue weighted by molar-refractivity contribution is 0.590. The van der Waals surface area contributed by atoms with Crippen LogP contribution in [0.2, 0.25) is 5.02 Å². The van der Waals surface area contributed by atoms with Crippen LogP contribution in [0.5, 0.6) is 0 Å². The zero-order valence-corrected chi connectivity index (χ0v) is 11.8. The molecule has 0 aliphatic carbocycles. The van der Waals surface area contributed by atoms with Crippen molar-refractivity contribution >= 4 is 29.3 Å². The van der Waals surface area contributed by atoms with E-state index in [1.54, 1.807) is 0 Å². The smallest absolute Gasteiger partial charge is 0.221 e. The minimum Gasteiger partial charge on any atom is -0.368 e. The maximum absolute atomic E-state index is 6.07. The molecule has 0 spiro atoms. The predicted molar refractivity (Wildman–Crippen MR) is 73.2 cm³/mol. The maximum Gasteiger partial charge on any atom is 0.221 e. The van der Waals surface area contributed by atoms with Crippen LogP contribution < -0.4 is 5.73 Å². The number of aromatic nitrogens is 5. The standard InChI is InChI=1S/C11H13ClN6S/c12-7-6-14-10(13)15-9(7)19-11-17-16-8-4-2-1-3-5-18(8)11/h6H,1-5H2,(H2,13,14,15). The van der Waals surface area contributed by atoms with E-state index in [4.69, 9.17) is 17.3 Å². The van der Waals surface area contributed by atoms with Crippen LogP contribution in [0.25, 0.3) is 0 Å². The minimum absolute atomic E-state index is 0.211. The predicted octanol–water partition coefficient (Wildman–Crippen LogP) is 2.18. The zero-order chi connectivity index (χ0) is 13.2. The quantitative estimate of drug-likeness (QED) is 0.855. The Bertz CT molecular complexity index is 599. The van der Waals surface area contributed by atoms with Crippen molar-refractivity contribution in [2.45, 2.75) is 42.4 Å². The van der Waals surface area contributed by atoms with Gasteiger partial charge in [0.05, 0.1) is 11.2 Å². The molecule has 0 atom stereocenters. The summed E-state index contributed by atoms with van der Waals surface area (Å²) in [4.78, 5) is 7.99. The van der Waals surface area contributed by atoms with Crippen LogP contribution in [0.3, 0.4) is 0 Å². The van der Waals surface area contributed by atoms with Gasteiger partial charge in [-0.1, -0.05) is 18.0 Å². The summed E-state index contributed by atoms with van der Waals surface area (Å²) in [5.74, 6) is 1.25. The molecule has 8 heteroatoms. The lowest BCUT2D eigenvalue weighted by Crippen LogP contribution is -2.03. The van der Waals surface area contributed by atoms with Crippen molar-refractivity contribution in [3.8, 4) is 0 Å². The molecule has 1 aliphatic rings. The first-order chi connectivity index (χ1) is 9.24. The second-order valence-corrected chi connectivity index (χ2v) is 5.71. The first-order valence-corrected chi connectivity index (χ1v) is 7.31. The number of nitrogen functional groups attached to an aromatic ring is 1. The van der Waals surface area contributed by atoms with Gasteiger partial charge in [-0.05, 0) is 24.6 Å². The molecule has 6 nitrogen and oxygen atoms in total. The van der Waals surface area contributed by atoms with Crippen LogP contribution in [0.15, 0.2) is 16.4 Å². The zero-order valence-electron chi connectivity index (χ0n) is 10.2. The Labute approximate surface area is 119 Å². The third kappa shape index (κ3) is 2.66. The van der Waals surface area contributed by atoms with Gasteiger partial charge in [0, 0.05) is 13.0 Å². The third-order valence-corrected chi connectivity index (χ3v) is 4.37. The Morgan fingerprint density at radius 3 is 3.05 bits per heavy atom. The van der Waals surface area contributed by atoms with Gasteiger partial charge in [-0.3, -0.25) is 0 Å². The first kappa shape index (κ1) is 12.7. The van der Waals surface area contributed by atoms with Crippen molar-refractivity contribution in [2.24, 2.45) is 0 Å². The molecule has 0 amide bonds. The summed E-state index contributed by atoms with van der Waals surface area (Å²) < 4.78 is 2.15. The first-order valence-electron chi connectivity index (χ1n) is 6.12. The molecule has 0 radical (unpaired) electrons. The molecule has 19 heavy (non-hydrogen) atoms. The van der Waals surface area contributed by atoms with Crippen molar-refractivity contribution in [3.05, 3.63) is 17.0 Å². The molecule has 100 valence electrons. The number of nitrogens with zero attached hydrogens (tertiary/aromatic N) is 5.